The summed E-state index contributed by atoms with van der Waals surface area (Å²) in [6, 6.07) is 0.471. The number of hydrogen-bond donors (Lipinski definition) is 0. The van der Waals surface area contributed by atoms with Gasteiger partial charge in [-0.1, -0.05) is 11.6 Å². The first kappa shape index (κ1) is 21.3. The number of amides is 2. The minimum Gasteiger partial charge on any atom is -0.377 e. The van der Waals surface area contributed by atoms with Gasteiger partial charge in [0.2, 0.25) is 5.91 Å². The number of hydrogen-bond acceptors (Lipinski definition) is 5. The molecule has 2 unspecified atom stereocenters. The lowest BCUT2D eigenvalue weighted by Crippen LogP contribution is -2.56. The number of rotatable bonds is 5. The molecule has 3 aliphatic heterocycles. The van der Waals surface area contributed by atoms with E-state index < -0.39 is 6.10 Å². The second-order valence-electron chi connectivity index (χ2n) is 8.40. The fourth-order valence-electron chi connectivity index (χ4n) is 4.22. The molecule has 3 heterocycles. The molecule has 2 saturated heterocycles. The van der Waals surface area contributed by atoms with Gasteiger partial charge in [0.05, 0.1) is 19.8 Å². The van der Waals surface area contributed by atoms with Gasteiger partial charge in [0.25, 0.3) is 5.91 Å². The van der Waals surface area contributed by atoms with Gasteiger partial charge in [0, 0.05) is 51.7 Å². The van der Waals surface area contributed by atoms with Crippen LogP contribution in [0.15, 0.2) is 11.6 Å². The van der Waals surface area contributed by atoms with Gasteiger partial charge in [-0.2, -0.15) is 0 Å². The maximum atomic E-state index is 13.0. The molecule has 2 amide bonds. The lowest BCUT2D eigenvalue weighted by molar-refractivity contribution is -0.153. The summed E-state index contributed by atoms with van der Waals surface area (Å²) in [5.74, 6) is 0.204. The van der Waals surface area contributed by atoms with Crippen LogP contribution in [0, 0.1) is 0 Å². The van der Waals surface area contributed by atoms with E-state index in [-0.39, 0.29) is 17.9 Å². The summed E-state index contributed by atoms with van der Waals surface area (Å²) in [4.78, 5) is 31.8. The topological polar surface area (TPSA) is 62.3 Å². The zero-order valence-corrected chi connectivity index (χ0v) is 17.6. The van der Waals surface area contributed by atoms with E-state index in [1.165, 1.54) is 5.57 Å². The molecule has 158 valence electrons. The molecule has 7 nitrogen and oxygen atoms in total. The van der Waals surface area contributed by atoms with Crippen LogP contribution in [-0.2, 0) is 19.1 Å². The summed E-state index contributed by atoms with van der Waals surface area (Å²) < 4.78 is 11.1. The van der Waals surface area contributed by atoms with Gasteiger partial charge in [-0.25, -0.2) is 0 Å². The number of morpholine rings is 1. The first-order valence-electron chi connectivity index (χ1n) is 10.6. The minimum atomic E-state index is -0.403. The molecule has 28 heavy (non-hydrogen) atoms. The number of carbonyl (C=O) groups is 2. The Morgan fingerprint density at radius 1 is 1.25 bits per heavy atom. The summed E-state index contributed by atoms with van der Waals surface area (Å²) in [6.07, 6.45) is 4.80. The molecule has 0 saturated carbocycles. The molecule has 0 aromatic carbocycles. The van der Waals surface area contributed by atoms with E-state index in [2.05, 4.69) is 18.7 Å². The summed E-state index contributed by atoms with van der Waals surface area (Å²) in [5, 5.41) is 0. The Labute approximate surface area is 168 Å². The van der Waals surface area contributed by atoms with Crippen LogP contribution in [-0.4, -0.2) is 97.7 Å². The highest BCUT2D eigenvalue weighted by atomic mass is 16.5. The summed E-state index contributed by atoms with van der Waals surface area (Å²) >= 11 is 0. The summed E-state index contributed by atoms with van der Waals surface area (Å²) in [5.41, 5.74) is 1.17. The van der Waals surface area contributed by atoms with Crippen molar-refractivity contribution in [2.45, 2.75) is 57.7 Å². The van der Waals surface area contributed by atoms with Crippen molar-refractivity contribution in [3.8, 4) is 0 Å². The average molecular weight is 394 g/mol. The molecule has 2 fully saturated rings. The third-order valence-corrected chi connectivity index (χ3v) is 6.18. The lowest BCUT2D eigenvalue weighted by Gasteiger charge is -2.41. The van der Waals surface area contributed by atoms with Gasteiger partial charge in [0.1, 0.15) is 6.10 Å². The zero-order chi connectivity index (χ0) is 20.1. The Morgan fingerprint density at radius 3 is 2.79 bits per heavy atom. The van der Waals surface area contributed by atoms with Gasteiger partial charge in [0.15, 0.2) is 0 Å². The molecule has 0 radical (unpaired) electrons. The number of piperidine rings is 1. The van der Waals surface area contributed by atoms with Crippen molar-refractivity contribution in [1.29, 1.82) is 0 Å². The van der Waals surface area contributed by atoms with Crippen molar-refractivity contribution in [3.05, 3.63) is 11.6 Å². The minimum absolute atomic E-state index is 0.0387. The van der Waals surface area contributed by atoms with Crippen LogP contribution in [0.5, 0.6) is 0 Å². The van der Waals surface area contributed by atoms with Crippen LogP contribution >= 0.6 is 0 Å². The number of likely N-dealkylation sites (tertiary alicyclic amines) is 1. The Bertz CT molecular complexity index is 592. The molecular formula is C21H35N3O4. The third kappa shape index (κ3) is 5.33. The number of nitrogens with zero attached hydrogens (tertiary/aromatic N) is 3. The SMILES string of the molecule is CC(C)N1CCOC(C(=O)N(C)C2CCCN(C(=O)CC3=CCOCC3)C2)C1. The molecule has 3 rings (SSSR count). The normalized spacial score (nSPS) is 26.9. The quantitative estimate of drug-likeness (QED) is 0.659. The smallest absolute Gasteiger partial charge is 0.253 e. The van der Waals surface area contributed by atoms with Crippen molar-refractivity contribution in [2.75, 3.05) is 53.0 Å². The van der Waals surface area contributed by atoms with Gasteiger partial charge >= 0.3 is 0 Å². The highest BCUT2D eigenvalue weighted by molar-refractivity contribution is 5.82. The van der Waals surface area contributed by atoms with Crippen LogP contribution < -0.4 is 0 Å². The van der Waals surface area contributed by atoms with E-state index >= 15 is 0 Å². The van der Waals surface area contributed by atoms with Crippen molar-refractivity contribution >= 4 is 11.8 Å². The Kier molecular flexibility index (Phi) is 7.48. The molecule has 0 bridgehead atoms. The monoisotopic (exact) mass is 393 g/mol. The number of carbonyl (C=O) groups excluding carboxylic acids is 2. The van der Waals surface area contributed by atoms with Crippen LogP contribution in [0.3, 0.4) is 0 Å². The van der Waals surface area contributed by atoms with Gasteiger partial charge < -0.3 is 19.3 Å². The maximum absolute atomic E-state index is 13.0. The predicted octanol–water partition coefficient (Wildman–Crippen LogP) is 1.28. The Morgan fingerprint density at radius 2 is 2.07 bits per heavy atom. The van der Waals surface area contributed by atoms with E-state index in [4.69, 9.17) is 9.47 Å². The largest absolute Gasteiger partial charge is 0.377 e. The molecular weight excluding hydrogens is 358 g/mol. The molecule has 0 spiro atoms. The molecule has 2 atom stereocenters. The standard InChI is InChI=1S/C21H35N3O4/c1-16(2)23-9-12-28-19(15-23)21(26)22(3)18-5-4-8-24(14-18)20(25)13-17-6-10-27-11-7-17/h6,16,18-19H,4-5,7-15H2,1-3H3. The van der Waals surface area contributed by atoms with Crippen LogP contribution in [0.1, 0.15) is 39.5 Å². The van der Waals surface area contributed by atoms with Gasteiger partial charge in [-0.05, 0) is 33.1 Å². The van der Waals surface area contributed by atoms with E-state index in [9.17, 15) is 9.59 Å². The fourth-order valence-corrected chi connectivity index (χ4v) is 4.22. The van der Waals surface area contributed by atoms with Gasteiger partial charge in [-0.15, -0.1) is 0 Å². The third-order valence-electron chi connectivity index (χ3n) is 6.18. The molecule has 3 aliphatic rings. The molecule has 7 heteroatoms. The molecule has 0 N–H and O–H groups in total. The van der Waals surface area contributed by atoms with Crippen LogP contribution in [0.2, 0.25) is 0 Å². The fraction of sp³-hybridized carbons (Fsp3) is 0.810. The summed E-state index contributed by atoms with van der Waals surface area (Å²) in [7, 11) is 1.86. The van der Waals surface area contributed by atoms with E-state index in [1.807, 2.05) is 22.9 Å². The number of ether oxygens (including phenoxy) is 2. The Balaban J connectivity index is 1.54. The van der Waals surface area contributed by atoms with E-state index in [0.717, 1.165) is 32.4 Å². The second-order valence-corrected chi connectivity index (χ2v) is 8.40. The van der Waals surface area contributed by atoms with Crippen molar-refractivity contribution in [1.82, 2.24) is 14.7 Å². The number of likely N-dealkylation sites (N-methyl/N-ethyl adjacent to an activating group) is 1. The maximum Gasteiger partial charge on any atom is 0.253 e. The van der Waals surface area contributed by atoms with Crippen molar-refractivity contribution in [2.24, 2.45) is 0 Å². The highest BCUT2D eigenvalue weighted by Crippen LogP contribution is 2.21. The van der Waals surface area contributed by atoms with Crippen molar-refractivity contribution in [3.63, 3.8) is 0 Å². The molecule has 0 aliphatic carbocycles. The molecule has 0 aromatic heterocycles. The van der Waals surface area contributed by atoms with E-state index in [0.29, 0.717) is 45.4 Å². The van der Waals surface area contributed by atoms with E-state index in [1.54, 1.807) is 0 Å². The van der Waals surface area contributed by atoms with Crippen molar-refractivity contribution < 1.29 is 19.1 Å². The Hall–Kier alpha value is -1.44. The first-order chi connectivity index (χ1) is 13.5. The molecule has 0 aromatic rings. The first-order valence-corrected chi connectivity index (χ1v) is 10.6. The highest BCUT2D eigenvalue weighted by Gasteiger charge is 2.34. The lowest BCUT2D eigenvalue weighted by atomic mass is 10.0. The predicted molar refractivity (Wildman–Crippen MR) is 107 cm³/mol. The average Bonchev–Trinajstić information content (AvgIpc) is 2.73. The second kappa shape index (κ2) is 9.85. The summed E-state index contributed by atoms with van der Waals surface area (Å²) in [6.45, 7) is 9.11. The zero-order valence-electron chi connectivity index (χ0n) is 17.6. The van der Waals surface area contributed by atoms with Gasteiger partial charge in [-0.3, -0.25) is 14.5 Å². The van der Waals surface area contributed by atoms with Crippen LogP contribution in [0.25, 0.3) is 0 Å². The van der Waals surface area contributed by atoms with Crippen LogP contribution in [0.4, 0.5) is 0 Å².